The van der Waals surface area contributed by atoms with Crippen molar-refractivity contribution in [2.75, 3.05) is 17.2 Å². The molecule has 1 aromatic carbocycles. The number of rotatable bonds is 3. The highest BCUT2D eigenvalue weighted by Gasteiger charge is 2.34. The Morgan fingerprint density at radius 2 is 2.05 bits per heavy atom. The molecule has 7 heteroatoms. The van der Waals surface area contributed by atoms with Gasteiger partial charge in [-0.05, 0) is 25.0 Å². The monoisotopic (exact) mass is 316 g/mol. The second kappa shape index (κ2) is 6.57. The number of carbonyl (C=O) groups excluding carboxylic acids is 2. The van der Waals surface area contributed by atoms with Crippen molar-refractivity contribution in [2.24, 2.45) is 0 Å². The Morgan fingerprint density at radius 1 is 1.23 bits per heavy atom. The zero-order chi connectivity index (χ0) is 15.4. The van der Waals surface area contributed by atoms with E-state index in [2.05, 4.69) is 15.6 Å². The fourth-order valence-corrected chi connectivity index (χ4v) is 3.00. The summed E-state index contributed by atoms with van der Waals surface area (Å²) in [7, 11) is 0. The lowest BCUT2D eigenvalue weighted by Gasteiger charge is -2.23. The van der Waals surface area contributed by atoms with Crippen LogP contribution in [0.1, 0.15) is 12.8 Å². The number of thiazole rings is 1. The normalized spacial score (nSPS) is 17.3. The predicted octanol–water partition coefficient (Wildman–Crippen LogP) is 2.78. The van der Waals surface area contributed by atoms with Gasteiger partial charge in [-0.3, -0.25) is 10.1 Å². The van der Waals surface area contributed by atoms with Gasteiger partial charge in [0.05, 0.1) is 0 Å². The molecular formula is C15H16N4O2S. The third-order valence-electron chi connectivity index (χ3n) is 3.50. The Kier molecular flexibility index (Phi) is 4.34. The van der Waals surface area contributed by atoms with E-state index >= 15 is 0 Å². The first kappa shape index (κ1) is 14.5. The second-order valence-corrected chi connectivity index (χ2v) is 5.87. The first-order valence-electron chi connectivity index (χ1n) is 7.07. The van der Waals surface area contributed by atoms with Gasteiger partial charge < -0.3 is 10.2 Å². The van der Waals surface area contributed by atoms with Crippen molar-refractivity contribution in [1.82, 2.24) is 9.88 Å². The van der Waals surface area contributed by atoms with Crippen LogP contribution in [0.15, 0.2) is 41.9 Å². The van der Waals surface area contributed by atoms with Crippen molar-refractivity contribution < 1.29 is 9.59 Å². The minimum atomic E-state index is -0.444. The summed E-state index contributed by atoms with van der Waals surface area (Å²) >= 11 is 1.35. The van der Waals surface area contributed by atoms with Crippen LogP contribution in [0.25, 0.3) is 0 Å². The van der Waals surface area contributed by atoms with E-state index in [4.69, 9.17) is 0 Å². The molecule has 6 nitrogen and oxygen atoms in total. The van der Waals surface area contributed by atoms with Crippen LogP contribution in [0.5, 0.6) is 0 Å². The lowest BCUT2D eigenvalue weighted by Crippen LogP contribution is -2.45. The minimum Gasteiger partial charge on any atom is -0.324 e. The van der Waals surface area contributed by atoms with Crippen molar-refractivity contribution in [3.05, 3.63) is 41.9 Å². The van der Waals surface area contributed by atoms with Gasteiger partial charge in [0, 0.05) is 23.8 Å². The molecule has 22 heavy (non-hydrogen) atoms. The molecule has 2 N–H and O–H groups in total. The van der Waals surface area contributed by atoms with Gasteiger partial charge in [0.25, 0.3) is 0 Å². The molecule has 1 aromatic heterocycles. The Balaban J connectivity index is 1.64. The number of benzene rings is 1. The number of likely N-dealkylation sites (tertiary alicyclic amines) is 1. The van der Waals surface area contributed by atoms with Crippen LogP contribution in [0.3, 0.4) is 0 Å². The SMILES string of the molecule is O=C(Nc1ccccc1)C1CCCN1C(=O)Nc1nccs1. The van der Waals surface area contributed by atoms with Crippen LogP contribution in [-0.2, 0) is 4.79 Å². The number of carbonyl (C=O) groups is 2. The lowest BCUT2D eigenvalue weighted by molar-refractivity contribution is -0.119. The van der Waals surface area contributed by atoms with E-state index in [0.717, 1.165) is 12.1 Å². The molecule has 1 atom stereocenters. The average Bonchev–Trinajstić information content (AvgIpc) is 3.19. The molecule has 0 saturated carbocycles. The summed E-state index contributed by atoms with van der Waals surface area (Å²) in [6.07, 6.45) is 3.12. The summed E-state index contributed by atoms with van der Waals surface area (Å²) in [5.74, 6) is -0.155. The van der Waals surface area contributed by atoms with E-state index in [1.807, 2.05) is 30.3 Å². The molecule has 1 fully saturated rings. The Morgan fingerprint density at radius 3 is 2.77 bits per heavy atom. The molecular weight excluding hydrogens is 300 g/mol. The third-order valence-corrected chi connectivity index (χ3v) is 4.19. The second-order valence-electron chi connectivity index (χ2n) is 4.97. The number of hydrogen-bond donors (Lipinski definition) is 2. The lowest BCUT2D eigenvalue weighted by atomic mass is 10.2. The third kappa shape index (κ3) is 3.25. The predicted molar refractivity (Wildman–Crippen MR) is 85.9 cm³/mol. The molecule has 1 unspecified atom stereocenters. The number of amides is 3. The van der Waals surface area contributed by atoms with Gasteiger partial charge in [-0.2, -0.15) is 0 Å². The molecule has 1 saturated heterocycles. The van der Waals surface area contributed by atoms with E-state index in [9.17, 15) is 9.59 Å². The number of para-hydroxylation sites is 1. The maximum Gasteiger partial charge on any atom is 0.324 e. The summed E-state index contributed by atoms with van der Waals surface area (Å²) in [4.78, 5) is 30.3. The van der Waals surface area contributed by atoms with E-state index in [1.54, 1.807) is 16.5 Å². The van der Waals surface area contributed by atoms with Crippen LogP contribution >= 0.6 is 11.3 Å². The number of anilines is 2. The van der Waals surface area contributed by atoms with Crippen LogP contribution in [0.2, 0.25) is 0 Å². The van der Waals surface area contributed by atoms with E-state index < -0.39 is 6.04 Å². The Labute approximate surface area is 132 Å². The molecule has 2 heterocycles. The topological polar surface area (TPSA) is 74.3 Å². The summed E-state index contributed by atoms with van der Waals surface area (Å²) < 4.78 is 0. The number of hydrogen-bond acceptors (Lipinski definition) is 4. The van der Waals surface area contributed by atoms with Crippen molar-refractivity contribution in [2.45, 2.75) is 18.9 Å². The number of urea groups is 1. The number of aromatic nitrogens is 1. The smallest absolute Gasteiger partial charge is 0.324 e. The molecule has 1 aliphatic heterocycles. The quantitative estimate of drug-likeness (QED) is 0.914. The van der Waals surface area contributed by atoms with E-state index in [1.165, 1.54) is 11.3 Å². The molecule has 1 aliphatic rings. The van der Waals surface area contributed by atoms with Crippen molar-refractivity contribution in [3.8, 4) is 0 Å². The van der Waals surface area contributed by atoms with Gasteiger partial charge in [0.1, 0.15) is 6.04 Å². The highest BCUT2D eigenvalue weighted by Crippen LogP contribution is 2.21. The zero-order valence-corrected chi connectivity index (χ0v) is 12.7. The van der Waals surface area contributed by atoms with Gasteiger partial charge in [0.2, 0.25) is 5.91 Å². The maximum absolute atomic E-state index is 12.4. The summed E-state index contributed by atoms with van der Waals surface area (Å²) in [5.41, 5.74) is 0.736. The highest BCUT2D eigenvalue weighted by atomic mass is 32.1. The van der Waals surface area contributed by atoms with Crippen molar-refractivity contribution in [3.63, 3.8) is 0 Å². The first-order chi connectivity index (χ1) is 10.7. The maximum atomic E-state index is 12.4. The standard InChI is InChI=1S/C15H16N4O2S/c20-13(17-11-5-2-1-3-6-11)12-7-4-9-19(12)15(21)18-14-16-8-10-22-14/h1-3,5-6,8,10,12H,4,7,9H2,(H,17,20)(H,16,18,21). The van der Waals surface area contributed by atoms with Gasteiger partial charge >= 0.3 is 6.03 Å². The molecule has 2 aromatic rings. The summed E-state index contributed by atoms with van der Waals surface area (Å²) in [6.45, 7) is 0.573. The van der Waals surface area contributed by atoms with E-state index in [-0.39, 0.29) is 11.9 Å². The summed E-state index contributed by atoms with van der Waals surface area (Å²) in [6, 6.07) is 8.54. The fraction of sp³-hybridized carbons (Fsp3) is 0.267. The van der Waals surface area contributed by atoms with Crippen molar-refractivity contribution in [1.29, 1.82) is 0 Å². The molecule has 3 rings (SSSR count). The Bertz CT molecular complexity index is 645. The van der Waals surface area contributed by atoms with Gasteiger partial charge in [0.15, 0.2) is 5.13 Å². The summed E-state index contributed by atoms with van der Waals surface area (Å²) in [5, 5.41) is 7.91. The van der Waals surface area contributed by atoms with Gasteiger partial charge in [-0.1, -0.05) is 18.2 Å². The highest BCUT2D eigenvalue weighted by molar-refractivity contribution is 7.13. The molecule has 0 bridgehead atoms. The molecule has 0 spiro atoms. The molecule has 0 aliphatic carbocycles. The van der Waals surface area contributed by atoms with E-state index in [0.29, 0.717) is 18.1 Å². The van der Waals surface area contributed by atoms with Crippen LogP contribution in [-0.4, -0.2) is 34.4 Å². The molecule has 114 valence electrons. The van der Waals surface area contributed by atoms with Gasteiger partial charge in [-0.25, -0.2) is 9.78 Å². The Hall–Kier alpha value is -2.41. The van der Waals surface area contributed by atoms with Crippen molar-refractivity contribution >= 4 is 34.1 Å². The number of nitrogens with one attached hydrogen (secondary N) is 2. The van der Waals surface area contributed by atoms with Crippen LogP contribution in [0, 0.1) is 0 Å². The number of nitrogens with zero attached hydrogens (tertiary/aromatic N) is 2. The largest absolute Gasteiger partial charge is 0.324 e. The van der Waals surface area contributed by atoms with Gasteiger partial charge in [-0.15, -0.1) is 11.3 Å². The molecule has 0 radical (unpaired) electrons. The fourth-order valence-electron chi connectivity index (χ4n) is 2.48. The van der Waals surface area contributed by atoms with Crippen LogP contribution in [0.4, 0.5) is 15.6 Å². The first-order valence-corrected chi connectivity index (χ1v) is 7.95. The average molecular weight is 316 g/mol. The minimum absolute atomic E-state index is 0.155. The molecule has 3 amide bonds. The van der Waals surface area contributed by atoms with Crippen LogP contribution < -0.4 is 10.6 Å². The zero-order valence-electron chi connectivity index (χ0n) is 11.9.